The van der Waals surface area contributed by atoms with Gasteiger partial charge in [-0.3, -0.25) is 9.69 Å². The number of anilines is 1. The summed E-state index contributed by atoms with van der Waals surface area (Å²) in [5.74, 6) is -1.84. The summed E-state index contributed by atoms with van der Waals surface area (Å²) in [6.45, 7) is 0. The van der Waals surface area contributed by atoms with Crippen molar-refractivity contribution in [3.8, 4) is 0 Å². The minimum atomic E-state index is -1.09. The number of carboxylic acid groups (broad SMARTS) is 1. The predicted octanol–water partition coefficient (Wildman–Crippen LogP) is 3.93. The molecule has 0 atom stereocenters. The van der Waals surface area contributed by atoms with Crippen LogP contribution in [-0.2, 0) is 4.79 Å². The van der Waals surface area contributed by atoms with E-state index < -0.39 is 11.8 Å². The van der Waals surface area contributed by atoms with Crippen molar-refractivity contribution in [2.24, 2.45) is 0 Å². The Hall–Kier alpha value is -2.51. The topological polar surface area (TPSA) is 57.6 Å². The van der Waals surface area contributed by atoms with Crippen LogP contribution in [0.5, 0.6) is 0 Å². The molecule has 1 fully saturated rings. The summed E-state index contributed by atoms with van der Waals surface area (Å²) in [6.07, 6.45) is 1.56. The zero-order valence-electron chi connectivity index (χ0n) is 12.1. The number of hydrogen-bond acceptors (Lipinski definition) is 4. The van der Waals surface area contributed by atoms with Crippen molar-refractivity contribution in [3.63, 3.8) is 0 Å². The molecule has 7 heteroatoms. The molecule has 4 nitrogen and oxygen atoms in total. The molecule has 1 aliphatic rings. The van der Waals surface area contributed by atoms with Gasteiger partial charge in [0.05, 0.1) is 16.2 Å². The second kappa shape index (κ2) is 6.54. The van der Waals surface area contributed by atoms with Gasteiger partial charge in [0.2, 0.25) is 0 Å². The van der Waals surface area contributed by atoms with E-state index in [2.05, 4.69) is 0 Å². The first kappa shape index (κ1) is 16.4. The van der Waals surface area contributed by atoms with Gasteiger partial charge in [-0.05, 0) is 42.0 Å². The second-order valence-corrected chi connectivity index (χ2v) is 6.60. The van der Waals surface area contributed by atoms with Crippen LogP contribution >= 0.6 is 24.0 Å². The van der Waals surface area contributed by atoms with Gasteiger partial charge in [-0.25, -0.2) is 9.18 Å². The molecule has 0 spiro atoms. The number of amides is 1. The lowest BCUT2D eigenvalue weighted by atomic mass is 10.2. The van der Waals surface area contributed by atoms with Crippen LogP contribution in [0.2, 0.25) is 0 Å². The fourth-order valence-electron chi connectivity index (χ4n) is 2.22. The Bertz CT molecular complexity index is 895. The average Bonchev–Trinajstić information content (AvgIpc) is 2.81. The van der Waals surface area contributed by atoms with Crippen LogP contribution in [0.15, 0.2) is 53.4 Å². The number of hydrogen-bond donors (Lipinski definition) is 1. The first-order valence-corrected chi connectivity index (χ1v) is 8.05. The number of carbonyl (C=O) groups is 2. The third-order valence-electron chi connectivity index (χ3n) is 3.29. The van der Waals surface area contributed by atoms with Gasteiger partial charge >= 0.3 is 5.97 Å². The molecule has 0 radical (unpaired) electrons. The van der Waals surface area contributed by atoms with E-state index in [0.717, 1.165) is 11.8 Å². The highest BCUT2D eigenvalue weighted by Gasteiger charge is 2.33. The Kier molecular flexibility index (Phi) is 4.46. The predicted molar refractivity (Wildman–Crippen MR) is 95.5 cm³/mol. The fourth-order valence-corrected chi connectivity index (χ4v) is 3.52. The Morgan fingerprint density at radius 2 is 1.96 bits per heavy atom. The molecule has 2 aromatic rings. The number of carboxylic acids is 1. The van der Waals surface area contributed by atoms with Crippen molar-refractivity contribution in [1.82, 2.24) is 0 Å². The summed E-state index contributed by atoms with van der Waals surface area (Å²) in [7, 11) is 0. The lowest BCUT2D eigenvalue weighted by Gasteiger charge is -2.14. The monoisotopic (exact) mass is 359 g/mol. The van der Waals surface area contributed by atoms with Crippen molar-refractivity contribution < 1.29 is 19.1 Å². The van der Waals surface area contributed by atoms with Crippen molar-refractivity contribution in [3.05, 3.63) is 70.4 Å². The van der Waals surface area contributed by atoms with Gasteiger partial charge in [-0.2, -0.15) is 0 Å². The van der Waals surface area contributed by atoms with Crippen LogP contribution in [0.4, 0.5) is 10.1 Å². The van der Waals surface area contributed by atoms with E-state index in [1.165, 1.54) is 29.2 Å². The van der Waals surface area contributed by atoms with E-state index in [1.54, 1.807) is 30.3 Å². The molecule has 1 N–H and O–H groups in total. The van der Waals surface area contributed by atoms with Crippen LogP contribution in [0.3, 0.4) is 0 Å². The number of thioether (sulfide) groups is 1. The van der Waals surface area contributed by atoms with Crippen molar-refractivity contribution in [2.75, 3.05) is 4.90 Å². The number of benzene rings is 2. The third-order valence-corrected chi connectivity index (χ3v) is 4.59. The highest BCUT2D eigenvalue weighted by Crippen LogP contribution is 2.36. The third kappa shape index (κ3) is 3.22. The minimum Gasteiger partial charge on any atom is -0.478 e. The molecule has 0 aliphatic carbocycles. The molecule has 1 heterocycles. The van der Waals surface area contributed by atoms with E-state index in [0.29, 0.717) is 20.5 Å². The summed E-state index contributed by atoms with van der Waals surface area (Å²) < 4.78 is 13.6. The Morgan fingerprint density at radius 3 is 2.67 bits per heavy atom. The molecule has 1 aliphatic heterocycles. The molecular formula is C17H10FNO3S2. The zero-order chi connectivity index (χ0) is 17.3. The van der Waals surface area contributed by atoms with Gasteiger partial charge < -0.3 is 5.11 Å². The molecule has 0 bridgehead atoms. The van der Waals surface area contributed by atoms with E-state index in [-0.39, 0.29) is 11.5 Å². The first-order chi connectivity index (χ1) is 11.5. The van der Waals surface area contributed by atoms with Gasteiger partial charge in [0.25, 0.3) is 5.91 Å². The van der Waals surface area contributed by atoms with Gasteiger partial charge in [0, 0.05) is 0 Å². The Morgan fingerprint density at radius 1 is 1.21 bits per heavy atom. The summed E-state index contributed by atoms with van der Waals surface area (Å²) in [6, 6.07) is 11.9. The summed E-state index contributed by atoms with van der Waals surface area (Å²) in [5.41, 5.74) is 1.01. The second-order valence-electron chi connectivity index (χ2n) is 4.93. The van der Waals surface area contributed by atoms with Crippen molar-refractivity contribution >= 4 is 51.9 Å². The average molecular weight is 359 g/mol. The molecule has 2 aromatic carbocycles. The quantitative estimate of drug-likeness (QED) is 0.665. The molecule has 0 aromatic heterocycles. The van der Waals surface area contributed by atoms with Crippen LogP contribution in [-0.4, -0.2) is 21.3 Å². The zero-order valence-corrected chi connectivity index (χ0v) is 13.7. The van der Waals surface area contributed by atoms with Crippen LogP contribution in [0.25, 0.3) is 6.08 Å². The fraction of sp³-hybridized carbons (Fsp3) is 0. The molecule has 1 saturated heterocycles. The first-order valence-electron chi connectivity index (χ1n) is 6.82. The van der Waals surface area contributed by atoms with E-state index in [4.69, 9.17) is 17.3 Å². The maximum absolute atomic E-state index is 13.3. The number of thiocarbonyl (C=S) groups is 1. The Labute approximate surface area is 146 Å². The van der Waals surface area contributed by atoms with E-state index in [1.807, 2.05) is 0 Å². The molecule has 120 valence electrons. The van der Waals surface area contributed by atoms with E-state index >= 15 is 0 Å². The SMILES string of the molecule is O=C(O)c1cccc(N2C(=O)C(=Cc3cccc(F)c3)SC2=S)c1. The Balaban J connectivity index is 1.95. The van der Waals surface area contributed by atoms with Gasteiger partial charge in [-0.15, -0.1) is 0 Å². The van der Waals surface area contributed by atoms with Crippen molar-refractivity contribution in [1.29, 1.82) is 0 Å². The van der Waals surface area contributed by atoms with E-state index in [9.17, 15) is 14.0 Å². The van der Waals surface area contributed by atoms with Crippen LogP contribution in [0, 0.1) is 5.82 Å². The normalized spacial score (nSPS) is 16.0. The van der Waals surface area contributed by atoms with Gasteiger partial charge in [0.15, 0.2) is 4.32 Å². The lowest BCUT2D eigenvalue weighted by molar-refractivity contribution is -0.113. The highest BCUT2D eigenvalue weighted by molar-refractivity contribution is 8.27. The molecule has 0 saturated carbocycles. The summed E-state index contributed by atoms with van der Waals surface area (Å²) in [4.78, 5) is 25.3. The lowest BCUT2D eigenvalue weighted by Crippen LogP contribution is -2.27. The molecule has 0 unspecified atom stereocenters. The molecule has 3 rings (SSSR count). The van der Waals surface area contributed by atoms with Gasteiger partial charge in [-0.1, -0.05) is 42.2 Å². The minimum absolute atomic E-state index is 0.0654. The molecule has 1 amide bonds. The van der Waals surface area contributed by atoms with Crippen LogP contribution < -0.4 is 4.90 Å². The number of halogens is 1. The number of nitrogens with zero attached hydrogens (tertiary/aromatic N) is 1. The summed E-state index contributed by atoms with van der Waals surface area (Å²) in [5, 5.41) is 9.07. The van der Waals surface area contributed by atoms with Crippen LogP contribution in [0.1, 0.15) is 15.9 Å². The smallest absolute Gasteiger partial charge is 0.335 e. The maximum Gasteiger partial charge on any atom is 0.335 e. The molecule has 24 heavy (non-hydrogen) atoms. The van der Waals surface area contributed by atoms with Gasteiger partial charge in [0.1, 0.15) is 5.82 Å². The standard InChI is InChI=1S/C17H10FNO3S2/c18-12-5-1-3-10(7-12)8-14-15(20)19(17(23)24-14)13-6-2-4-11(9-13)16(21)22/h1-9H,(H,21,22). The number of aromatic carboxylic acids is 1. The number of rotatable bonds is 3. The number of carbonyl (C=O) groups excluding carboxylic acids is 1. The maximum atomic E-state index is 13.3. The summed E-state index contributed by atoms with van der Waals surface area (Å²) >= 11 is 6.32. The highest BCUT2D eigenvalue weighted by atomic mass is 32.2. The largest absolute Gasteiger partial charge is 0.478 e. The molecular weight excluding hydrogens is 349 g/mol. The van der Waals surface area contributed by atoms with Crippen molar-refractivity contribution in [2.45, 2.75) is 0 Å².